The summed E-state index contributed by atoms with van der Waals surface area (Å²) >= 11 is 0. The van der Waals surface area contributed by atoms with Crippen molar-refractivity contribution in [3.05, 3.63) is 29.3 Å². The summed E-state index contributed by atoms with van der Waals surface area (Å²) in [5.41, 5.74) is 1.33. The van der Waals surface area contributed by atoms with E-state index < -0.39 is 16.2 Å². The molecule has 0 spiro atoms. The Morgan fingerprint density at radius 2 is 2.15 bits per heavy atom. The van der Waals surface area contributed by atoms with Gasteiger partial charge in [-0.3, -0.25) is 4.72 Å². The summed E-state index contributed by atoms with van der Waals surface area (Å²) in [6.07, 6.45) is 0. The van der Waals surface area contributed by atoms with Gasteiger partial charge in [-0.05, 0) is 32.4 Å². The lowest BCUT2D eigenvalue weighted by molar-refractivity contribution is 0.0527. The van der Waals surface area contributed by atoms with Crippen LogP contribution < -0.4 is 4.72 Å². The van der Waals surface area contributed by atoms with Gasteiger partial charge in [0.05, 0.1) is 17.9 Å². The standard InChI is InChI=1S/C13H18N2O4S/c1-4-19-13(16)11-7-5-6-10-8-15(9(2)3)20(17,18)14-12(10)11/h5-7,9,14H,4,8H2,1-3H3. The molecule has 0 unspecified atom stereocenters. The van der Waals surface area contributed by atoms with Crippen molar-refractivity contribution in [2.24, 2.45) is 0 Å². The first-order chi connectivity index (χ1) is 9.36. The highest BCUT2D eigenvalue weighted by Gasteiger charge is 2.33. The minimum absolute atomic E-state index is 0.160. The monoisotopic (exact) mass is 298 g/mol. The molecule has 1 aliphatic heterocycles. The van der Waals surface area contributed by atoms with Crippen LogP contribution in [0.3, 0.4) is 0 Å². The quantitative estimate of drug-likeness (QED) is 0.863. The summed E-state index contributed by atoms with van der Waals surface area (Å²) in [7, 11) is -3.63. The molecule has 0 aliphatic carbocycles. The van der Waals surface area contributed by atoms with Crippen molar-refractivity contribution >= 4 is 21.9 Å². The van der Waals surface area contributed by atoms with E-state index in [0.717, 1.165) is 5.56 Å². The normalized spacial score (nSPS) is 17.4. The first kappa shape index (κ1) is 14.8. The summed E-state index contributed by atoms with van der Waals surface area (Å²) in [6, 6.07) is 4.93. The number of carbonyl (C=O) groups excluding carboxylic acids is 1. The lowest BCUT2D eigenvalue weighted by Gasteiger charge is -2.32. The maximum absolute atomic E-state index is 12.2. The third-order valence-corrected chi connectivity index (χ3v) is 4.72. The average molecular weight is 298 g/mol. The van der Waals surface area contributed by atoms with Gasteiger partial charge in [-0.2, -0.15) is 12.7 Å². The molecule has 0 fully saturated rings. The molecule has 1 aromatic carbocycles. The number of para-hydroxylation sites is 1. The van der Waals surface area contributed by atoms with E-state index in [4.69, 9.17) is 4.74 Å². The lowest BCUT2D eigenvalue weighted by Crippen LogP contribution is -2.43. The van der Waals surface area contributed by atoms with Gasteiger partial charge in [-0.15, -0.1) is 0 Å². The highest BCUT2D eigenvalue weighted by molar-refractivity contribution is 7.90. The van der Waals surface area contributed by atoms with Crippen LogP contribution in [0.1, 0.15) is 36.7 Å². The third kappa shape index (κ3) is 2.64. The first-order valence-electron chi connectivity index (χ1n) is 6.45. The molecule has 0 saturated carbocycles. The summed E-state index contributed by atoms with van der Waals surface area (Å²) in [5, 5.41) is 0. The first-order valence-corrected chi connectivity index (χ1v) is 7.89. The van der Waals surface area contributed by atoms with E-state index in [1.54, 1.807) is 39.0 Å². The van der Waals surface area contributed by atoms with Gasteiger partial charge in [0.2, 0.25) is 0 Å². The van der Waals surface area contributed by atoms with Gasteiger partial charge in [0.15, 0.2) is 0 Å². The van der Waals surface area contributed by atoms with E-state index in [0.29, 0.717) is 5.69 Å². The zero-order valence-corrected chi connectivity index (χ0v) is 12.5. The molecule has 0 aromatic heterocycles. The van der Waals surface area contributed by atoms with Crippen LogP contribution in [0.25, 0.3) is 0 Å². The van der Waals surface area contributed by atoms with E-state index in [2.05, 4.69) is 4.72 Å². The summed E-state index contributed by atoms with van der Waals surface area (Å²) in [4.78, 5) is 11.9. The Labute approximate surface area is 118 Å². The number of ether oxygens (including phenoxy) is 1. The fraction of sp³-hybridized carbons (Fsp3) is 0.462. The maximum Gasteiger partial charge on any atom is 0.340 e. The van der Waals surface area contributed by atoms with Crippen LogP contribution in [0.2, 0.25) is 0 Å². The number of carbonyl (C=O) groups is 1. The molecule has 0 saturated heterocycles. The van der Waals surface area contributed by atoms with Gasteiger partial charge < -0.3 is 4.74 Å². The van der Waals surface area contributed by atoms with E-state index in [9.17, 15) is 13.2 Å². The second kappa shape index (κ2) is 5.41. The number of hydrogen-bond donors (Lipinski definition) is 1. The predicted octanol–water partition coefficient (Wildman–Crippen LogP) is 1.74. The Bertz CT molecular complexity index is 625. The summed E-state index contributed by atoms with van der Waals surface area (Å²) in [6.45, 7) is 5.81. The van der Waals surface area contributed by atoms with Crippen LogP contribution in [0.5, 0.6) is 0 Å². The van der Waals surface area contributed by atoms with Gasteiger partial charge in [-0.25, -0.2) is 4.79 Å². The highest BCUT2D eigenvalue weighted by atomic mass is 32.2. The van der Waals surface area contributed by atoms with Crippen LogP contribution >= 0.6 is 0 Å². The average Bonchev–Trinajstić information content (AvgIpc) is 2.36. The Morgan fingerprint density at radius 3 is 2.75 bits per heavy atom. The van der Waals surface area contributed by atoms with E-state index in [1.807, 2.05) is 0 Å². The number of nitrogens with zero attached hydrogens (tertiary/aromatic N) is 1. The van der Waals surface area contributed by atoms with Crippen molar-refractivity contribution in [3.8, 4) is 0 Å². The van der Waals surface area contributed by atoms with Crippen LogP contribution in [0.4, 0.5) is 5.69 Å². The molecule has 7 heteroatoms. The zero-order chi connectivity index (χ0) is 14.9. The van der Waals surface area contributed by atoms with Crippen molar-refractivity contribution in [2.75, 3.05) is 11.3 Å². The maximum atomic E-state index is 12.2. The molecule has 1 aliphatic rings. The van der Waals surface area contributed by atoms with Gasteiger partial charge in [0.1, 0.15) is 0 Å². The largest absolute Gasteiger partial charge is 0.462 e. The molecule has 1 aromatic rings. The van der Waals surface area contributed by atoms with Crippen LogP contribution in [0, 0.1) is 0 Å². The van der Waals surface area contributed by atoms with Crippen molar-refractivity contribution in [3.63, 3.8) is 0 Å². The number of esters is 1. The van der Waals surface area contributed by atoms with Crippen LogP contribution in [-0.2, 0) is 21.5 Å². The minimum Gasteiger partial charge on any atom is -0.462 e. The fourth-order valence-electron chi connectivity index (χ4n) is 2.13. The van der Waals surface area contributed by atoms with Crippen LogP contribution in [0.15, 0.2) is 18.2 Å². The molecule has 0 radical (unpaired) electrons. The Morgan fingerprint density at radius 1 is 1.45 bits per heavy atom. The molecule has 0 bridgehead atoms. The second-order valence-corrected chi connectivity index (χ2v) is 6.43. The minimum atomic E-state index is -3.63. The molecule has 1 heterocycles. The van der Waals surface area contributed by atoms with Crippen molar-refractivity contribution < 1.29 is 17.9 Å². The second-order valence-electron chi connectivity index (χ2n) is 4.81. The Kier molecular flexibility index (Phi) is 4.01. The number of anilines is 1. The van der Waals surface area contributed by atoms with E-state index in [1.165, 1.54) is 4.31 Å². The third-order valence-electron chi connectivity index (χ3n) is 3.09. The van der Waals surface area contributed by atoms with Crippen molar-refractivity contribution in [1.82, 2.24) is 4.31 Å². The molecule has 0 amide bonds. The SMILES string of the molecule is CCOC(=O)c1cccc2c1NS(=O)(=O)N(C(C)C)C2. The molecule has 0 atom stereocenters. The van der Waals surface area contributed by atoms with Crippen molar-refractivity contribution in [2.45, 2.75) is 33.4 Å². The van der Waals surface area contributed by atoms with Crippen LogP contribution in [-0.4, -0.2) is 31.3 Å². The molecular weight excluding hydrogens is 280 g/mol. The Balaban J connectivity index is 2.47. The fourth-order valence-corrected chi connectivity index (χ4v) is 3.61. The van der Waals surface area contributed by atoms with Gasteiger partial charge in [-0.1, -0.05) is 12.1 Å². The van der Waals surface area contributed by atoms with Gasteiger partial charge in [0.25, 0.3) is 0 Å². The topological polar surface area (TPSA) is 75.7 Å². The van der Waals surface area contributed by atoms with Gasteiger partial charge in [0, 0.05) is 12.6 Å². The summed E-state index contributed by atoms with van der Waals surface area (Å²) < 4.78 is 33.1. The summed E-state index contributed by atoms with van der Waals surface area (Å²) in [5.74, 6) is -0.523. The Hall–Kier alpha value is -1.60. The van der Waals surface area contributed by atoms with E-state index >= 15 is 0 Å². The van der Waals surface area contributed by atoms with E-state index in [-0.39, 0.29) is 24.8 Å². The molecule has 110 valence electrons. The number of benzene rings is 1. The number of hydrogen-bond acceptors (Lipinski definition) is 4. The molecule has 1 N–H and O–H groups in total. The lowest BCUT2D eigenvalue weighted by atomic mass is 10.1. The molecule has 2 rings (SSSR count). The number of rotatable bonds is 3. The number of fused-ring (bicyclic) bond motifs is 1. The van der Waals surface area contributed by atoms with Gasteiger partial charge >= 0.3 is 16.2 Å². The number of nitrogens with one attached hydrogen (secondary N) is 1. The zero-order valence-electron chi connectivity index (χ0n) is 11.7. The predicted molar refractivity (Wildman–Crippen MR) is 75.6 cm³/mol. The highest BCUT2D eigenvalue weighted by Crippen LogP contribution is 2.31. The molecular formula is C13H18N2O4S. The molecule has 20 heavy (non-hydrogen) atoms. The smallest absolute Gasteiger partial charge is 0.340 e. The van der Waals surface area contributed by atoms with Crippen molar-refractivity contribution in [1.29, 1.82) is 0 Å². The molecule has 6 nitrogen and oxygen atoms in total.